The summed E-state index contributed by atoms with van der Waals surface area (Å²) < 4.78 is 17.3. The Bertz CT molecular complexity index is 1440. The fourth-order valence-electron chi connectivity index (χ4n) is 5.39. The molecule has 0 aromatic heterocycles. The van der Waals surface area contributed by atoms with Crippen LogP contribution >= 0.6 is 0 Å². The lowest BCUT2D eigenvalue weighted by molar-refractivity contribution is -0.140. The maximum absolute atomic E-state index is 13.5. The fraction of sp³-hybridized carbons (Fsp3) is 0.371. The van der Waals surface area contributed by atoms with Gasteiger partial charge >= 0.3 is 0 Å². The molecule has 2 aliphatic heterocycles. The van der Waals surface area contributed by atoms with Crippen LogP contribution in [-0.4, -0.2) is 72.6 Å². The number of aryl methyl sites for hydroxylation is 1. The lowest BCUT2D eigenvalue weighted by Crippen LogP contribution is -2.42. The number of hydrogen-bond donors (Lipinski definition) is 1. The molecule has 1 N–H and O–H groups in total. The minimum Gasteiger partial charge on any atom is -0.507 e. The zero-order valence-electron chi connectivity index (χ0n) is 25.1. The molecule has 43 heavy (non-hydrogen) atoms. The highest BCUT2D eigenvalue weighted by Crippen LogP contribution is 2.40. The van der Waals surface area contributed by atoms with Crippen molar-refractivity contribution in [3.8, 4) is 11.5 Å². The number of aliphatic hydroxyl groups is 1. The molecule has 2 saturated heterocycles. The molecule has 1 atom stereocenters. The Kier molecular flexibility index (Phi) is 9.79. The van der Waals surface area contributed by atoms with Gasteiger partial charge in [-0.05, 0) is 59.9 Å². The predicted octanol–water partition coefficient (Wildman–Crippen LogP) is 5.36. The molecule has 8 heteroatoms. The molecule has 8 nitrogen and oxygen atoms in total. The van der Waals surface area contributed by atoms with Gasteiger partial charge in [-0.3, -0.25) is 14.5 Å². The van der Waals surface area contributed by atoms with E-state index in [1.807, 2.05) is 61.5 Å². The molecule has 0 saturated carbocycles. The van der Waals surface area contributed by atoms with Crippen LogP contribution < -0.4 is 9.47 Å². The van der Waals surface area contributed by atoms with Gasteiger partial charge in [-0.15, -0.1) is 0 Å². The van der Waals surface area contributed by atoms with Crippen LogP contribution in [0.1, 0.15) is 42.1 Å². The van der Waals surface area contributed by atoms with E-state index in [2.05, 4.69) is 18.7 Å². The van der Waals surface area contributed by atoms with Crippen molar-refractivity contribution in [1.29, 1.82) is 0 Å². The highest BCUT2D eigenvalue weighted by molar-refractivity contribution is 6.46. The quantitative estimate of drug-likeness (QED) is 0.184. The smallest absolute Gasteiger partial charge is 0.295 e. The monoisotopic (exact) mass is 584 g/mol. The van der Waals surface area contributed by atoms with E-state index in [1.165, 1.54) is 0 Å². The molecule has 1 amide bonds. The molecule has 3 aromatic carbocycles. The number of amides is 1. The average molecular weight is 585 g/mol. The van der Waals surface area contributed by atoms with Crippen molar-refractivity contribution in [1.82, 2.24) is 9.80 Å². The lowest BCUT2D eigenvalue weighted by atomic mass is 9.94. The SMILES string of the molecule is Cc1cc(/C(O)=C2\C(=O)C(=O)N(CCN3CCOCC3)C2c2ccc(OCc3ccccc3)cc2)ccc1OCC(C)C. The third kappa shape index (κ3) is 7.27. The van der Waals surface area contributed by atoms with Gasteiger partial charge in [0.2, 0.25) is 0 Å². The number of hydrogen-bond acceptors (Lipinski definition) is 7. The van der Waals surface area contributed by atoms with E-state index in [-0.39, 0.29) is 11.3 Å². The van der Waals surface area contributed by atoms with Crippen molar-refractivity contribution >= 4 is 17.4 Å². The summed E-state index contributed by atoms with van der Waals surface area (Å²) in [5, 5.41) is 11.6. The molecule has 2 heterocycles. The second-order valence-electron chi connectivity index (χ2n) is 11.5. The van der Waals surface area contributed by atoms with Crippen LogP contribution in [0, 0.1) is 12.8 Å². The van der Waals surface area contributed by atoms with Gasteiger partial charge in [0, 0.05) is 31.7 Å². The van der Waals surface area contributed by atoms with E-state index in [4.69, 9.17) is 14.2 Å². The summed E-state index contributed by atoms with van der Waals surface area (Å²) in [4.78, 5) is 30.8. The number of carbonyl (C=O) groups is 2. The fourth-order valence-corrected chi connectivity index (χ4v) is 5.39. The zero-order chi connectivity index (χ0) is 30.3. The Morgan fingerprint density at radius 1 is 0.953 bits per heavy atom. The summed E-state index contributed by atoms with van der Waals surface area (Å²) in [6.07, 6.45) is 0. The molecule has 2 aliphatic rings. The zero-order valence-corrected chi connectivity index (χ0v) is 25.1. The summed E-state index contributed by atoms with van der Waals surface area (Å²) in [7, 11) is 0. The second kappa shape index (κ2) is 13.9. The highest BCUT2D eigenvalue weighted by atomic mass is 16.5. The largest absolute Gasteiger partial charge is 0.507 e. The van der Waals surface area contributed by atoms with Crippen LogP contribution in [-0.2, 0) is 20.9 Å². The highest BCUT2D eigenvalue weighted by Gasteiger charge is 2.46. The first-order valence-corrected chi connectivity index (χ1v) is 14.9. The number of aliphatic hydroxyl groups excluding tert-OH is 1. The van der Waals surface area contributed by atoms with E-state index >= 15 is 0 Å². The van der Waals surface area contributed by atoms with Crippen molar-refractivity contribution < 1.29 is 28.9 Å². The first-order valence-electron chi connectivity index (χ1n) is 14.9. The molecule has 5 rings (SSSR count). The number of morpholine rings is 1. The molecule has 226 valence electrons. The Hall–Kier alpha value is -4.14. The topological polar surface area (TPSA) is 88.5 Å². The molecule has 0 bridgehead atoms. The Balaban J connectivity index is 1.45. The van der Waals surface area contributed by atoms with Crippen molar-refractivity contribution in [2.24, 2.45) is 5.92 Å². The second-order valence-corrected chi connectivity index (χ2v) is 11.5. The van der Waals surface area contributed by atoms with E-state index < -0.39 is 17.7 Å². The van der Waals surface area contributed by atoms with Gasteiger partial charge in [0.25, 0.3) is 11.7 Å². The summed E-state index contributed by atoms with van der Waals surface area (Å²) in [6.45, 7) is 10.8. The van der Waals surface area contributed by atoms with Crippen LogP contribution in [0.15, 0.2) is 78.4 Å². The molecule has 1 unspecified atom stereocenters. The third-order valence-corrected chi connectivity index (χ3v) is 7.77. The van der Waals surface area contributed by atoms with Crippen LogP contribution in [0.3, 0.4) is 0 Å². The number of ether oxygens (including phenoxy) is 3. The van der Waals surface area contributed by atoms with E-state index in [9.17, 15) is 14.7 Å². The Labute approximate surface area is 253 Å². The number of carbonyl (C=O) groups excluding carboxylic acids is 2. The number of nitrogens with zero attached hydrogens (tertiary/aromatic N) is 2. The van der Waals surface area contributed by atoms with Gasteiger partial charge in [-0.25, -0.2) is 0 Å². The average Bonchev–Trinajstić information content (AvgIpc) is 3.28. The van der Waals surface area contributed by atoms with Crippen LogP contribution in [0.25, 0.3) is 5.76 Å². The normalized spacial score (nSPS) is 18.8. The minimum absolute atomic E-state index is 0.0835. The van der Waals surface area contributed by atoms with Gasteiger partial charge in [0.05, 0.1) is 31.4 Å². The van der Waals surface area contributed by atoms with Gasteiger partial charge in [0.15, 0.2) is 0 Å². The predicted molar refractivity (Wildman–Crippen MR) is 165 cm³/mol. The molecule has 0 radical (unpaired) electrons. The lowest BCUT2D eigenvalue weighted by Gasteiger charge is -2.31. The third-order valence-electron chi connectivity index (χ3n) is 7.77. The number of benzene rings is 3. The van der Waals surface area contributed by atoms with Crippen molar-refractivity contribution in [3.63, 3.8) is 0 Å². The van der Waals surface area contributed by atoms with Crippen molar-refractivity contribution in [2.45, 2.75) is 33.4 Å². The number of rotatable bonds is 11. The maximum Gasteiger partial charge on any atom is 0.295 e. The van der Waals surface area contributed by atoms with Gasteiger partial charge in [0.1, 0.15) is 23.9 Å². The van der Waals surface area contributed by atoms with Crippen LogP contribution in [0.4, 0.5) is 0 Å². The minimum atomic E-state index is -0.735. The van der Waals surface area contributed by atoms with Crippen molar-refractivity contribution in [2.75, 3.05) is 46.0 Å². The van der Waals surface area contributed by atoms with Crippen molar-refractivity contribution in [3.05, 3.63) is 101 Å². The molecule has 2 fully saturated rings. The van der Waals surface area contributed by atoms with Crippen LogP contribution in [0.2, 0.25) is 0 Å². The maximum atomic E-state index is 13.5. The van der Waals surface area contributed by atoms with Crippen LogP contribution in [0.5, 0.6) is 11.5 Å². The molecular weight excluding hydrogens is 544 g/mol. The number of likely N-dealkylation sites (tertiary alicyclic amines) is 1. The van der Waals surface area contributed by atoms with Gasteiger partial charge in [-0.2, -0.15) is 0 Å². The molecular formula is C35H40N2O6. The molecule has 0 spiro atoms. The summed E-state index contributed by atoms with van der Waals surface area (Å²) >= 11 is 0. The molecule has 0 aliphatic carbocycles. The van der Waals surface area contributed by atoms with E-state index in [0.29, 0.717) is 56.7 Å². The summed E-state index contributed by atoms with van der Waals surface area (Å²) in [6, 6.07) is 21.9. The first kappa shape index (κ1) is 30.3. The van der Waals surface area contributed by atoms with E-state index in [1.54, 1.807) is 23.1 Å². The summed E-state index contributed by atoms with van der Waals surface area (Å²) in [5.41, 5.74) is 3.17. The van der Waals surface area contributed by atoms with Gasteiger partial charge in [-0.1, -0.05) is 56.3 Å². The number of ketones is 1. The Morgan fingerprint density at radius 2 is 1.67 bits per heavy atom. The van der Waals surface area contributed by atoms with Gasteiger partial charge < -0.3 is 24.2 Å². The van der Waals surface area contributed by atoms with E-state index in [0.717, 1.165) is 35.5 Å². The first-order chi connectivity index (χ1) is 20.8. The molecule has 3 aromatic rings. The summed E-state index contributed by atoms with van der Waals surface area (Å²) in [5.74, 6) is 0.269. The Morgan fingerprint density at radius 3 is 2.35 bits per heavy atom. The standard InChI is InChI=1S/C35H40N2O6/c1-24(2)22-43-30-14-11-28(21-25(30)3)33(38)31-32(37(35(40)34(31)39)16-15-36-17-19-41-20-18-36)27-9-12-29(13-10-27)42-23-26-7-5-4-6-8-26/h4-14,21,24,32,38H,15-20,22-23H2,1-3H3/b33-31+. The number of Topliss-reactive ketones (excluding diaryl/α,β-unsaturated/α-hetero) is 1.